The minimum atomic E-state index is 0.849. The van der Waals surface area contributed by atoms with Crippen molar-refractivity contribution < 1.29 is 4.43 Å². The van der Waals surface area contributed by atoms with E-state index in [2.05, 4.69) is 24.3 Å². The first kappa shape index (κ1) is 12.2. The fourth-order valence-corrected chi connectivity index (χ4v) is 1.58. The molecule has 2 heteroatoms. The molecular weight excluding hydrogens is 164 g/mol. The summed E-state index contributed by atoms with van der Waals surface area (Å²) in [6.45, 7) is 5.37. The Morgan fingerprint density at radius 3 is 2.42 bits per heavy atom. The summed E-state index contributed by atoms with van der Waals surface area (Å²) >= 11 is 0. The lowest BCUT2D eigenvalue weighted by molar-refractivity contribution is 0.285. The van der Waals surface area contributed by atoms with E-state index in [-0.39, 0.29) is 0 Å². The largest absolute Gasteiger partial charge is 0.419 e. The minimum Gasteiger partial charge on any atom is -0.419 e. The minimum absolute atomic E-state index is 0.849. The molecule has 0 saturated heterocycles. The maximum absolute atomic E-state index is 4.89. The summed E-state index contributed by atoms with van der Waals surface area (Å²) in [5.41, 5.74) is 0. The second-order valence-electron chi connectivity index (χ2n) is 3.41. The molecule has 0 aromatic rings. The van der Waals surface area contributed by atoms with Crippen molar-refractivity contribution in [3.8, 4) is 0 Å². The van der Waals surface area contributed by atoms with Crippen molar-refractivity contribution in [3.05, 3.63) is 0 Å². The molecule has 0 aromatic carbocycles. The zero-order valence-electron chi connectivity index (χ0n) is 8.44. The molecule has 1 unspecified atom stereocenters. The monoisotopic (exact) mass is 185 g/mol. The summed E-state index contributed by atoms with van der Waals surface area (Å²) in [6, 6.07) is 0. The van der Waals surface area contributed by atoms with E-state index in [1.165, 1.54) is 38.5 Å². The third-order valence-corrected chi connectivity index (χ3v) is 2.63. The van der Waals surface area contributed by atoms with Crippen LogP contribution in [-0.4, -0.2) is 17.1 Å². The summed E-state index contributed by atoms with van der Waals surface area (Å²) in [6.07, 6.45) is 7.95. The third-order valence-electron chi connectivity index (χ3n) is 2.42. The van der Waals surface area contributed by atoms with Crippen molar-refractivity contribution in [2.75, 3.05) is 6.61 Å². The average molecular weight is 185 g/mol. The zero-order chi connectivity index (χ0) is 9.23. The fourth-order valence-electron chi connectivity index (χ4n) is 1.46. The molecule has 12 heavy (non-hydrogen) atoms. The maximum atomic E-state index is 4.89. The highest BCUT2D eigenvalue weighted by molar-refractivity contribution is 5.97. The van der Waals surface area contributed by atoms with Gasteiger partial charge in [0.1, 0.15) is 0 Å². The van der Waals surface area contributed by atoms with E-state index in [0.717, 1.165) is 12.5 Å². The third kappa shape index (κ3) is 6.86. The highest BCUT2D eigenvalue weighted by Crippen LogP contribution is 2.16. The van der Waals surface area contributed by atoms with Crippen molar-refractivity contribution in [1.82, 2.24) is 0 Å². The molecule has 0 saturated carbocycles. The van der Waals surface area contributed by atoms with Crippen molar-refractivity contribution >= 4 is 10.5 Å². The summed E-state index contributed by atoms with van der Waals surface area (Å²) in [4.78, 5) is 0. The van der Waals surface area contributed by atoms with Crippen LogP contribution >= 0.6 is 0 Å². The molecule has 0 spiro atoms. The SMILES string of the molecule is CCCCCC(CC)CCO[Si]. The summed E-state index contributed by atoms with van der Waals surface area (Å²) in [5.74, 6) is 0.868. The Balaban J connectivity index is 3.26. The smallest absolute Gasteiger partial charge is 0.246 e. The van der Waals surface area contributed by atoms with Gasteiger partial charge in [-0.05, 0) is 12.3 Å². The molecule has 0 N–H and O–H groups in total. The van der Waals surface area contributed by atoms with Crippen molar-refractivity contribution in [3.63, 3.8) is 0 Å². The van der Waals surface area contributed by atoms with Gasteiger partial charge >= 0.3 is 0 Å². The fraction of sp³-hybridized carbons (Fsp3) is 1.00. The van der Waals surface area contributed by atoms with Gasteiger partial charge in [0.2, 0.25) is 10.5 Å². The molecule has 0 amide bonds. The topological polar surface area (TPSA) is 9.23 Å². The molecule has 1 nitrogen and oxygen atoms in total. The number of hydrogen-bond donors (Lipinski definition) is 0. The molecule has 0 aliphatic carbocycles. The van der Waals surface area contributed by atoms with Crippen LogP contribution < -0.4 is 0 Å². The summed E-state index contributed by atoms with van der Waals surface area (Å²) in [7, 11) is 3.03. The molecule has 0 fully saturated rings. The van der Waals surface area contributed by atoms with Gasteiger partial charge in [-0.1, -0.05) is 46.0 Å². The van der Waals surface area contributed by atoms with Crippen LogP contribution in [-0.2, 0) is 4.43 Å². The van der Waals surface area contributed by atoms with Gasteiger partial charge in [0.25, 0.3) is 0 Å². The Morgan fingerprint density at radius 1 is 1.17 bits per heavy atom. The highest BCUT2D eigenvalue weighted by Gasteiger charge is 2.04. The number of unbranched alkanes of at least 4 members (excludes halogenated alkanes) is 2. The van der Waals surface area contributed by atoms with E-state index in [4.69, 9.17) is 4.43 Å². The molecule has 0 rings (SSSR count). The first-order chi connectivity index (χ1) is 5.85. The standard InChI is InChI=1S/C10H21OSi/c1-3-5-6-7-10(4-2)8-9-11-12/h10H,3-9H2,1-2H3. The average Bonchev–Trinajstić information content (AvgIpc) is 2.11. The van der Waals surface area contributed by atoms with Crippen LogP contribution in [0.1, 0.15) is 52.4 Å². The van der Waals surface area contributed by atoms with Gasteiger partial charge in [-0.3, -0.25) is 0 Å². The Hall–Kier alpha value is 0.177. The molecule has 0 heterocycles. The summed E-state index contributed by atoms with van der Waals surface area (Å²) in [5, 5.41) is 0. The second-order valence-corrected chi connectivity index (χ2v) is 3.70. The molecule has 0 aromatic heterocycles. The second kappa shape index (κ2) is 9.27. The first-order valence-electron chi connectivity index (χ1n) is 5.13. The first-order valence-corrected chi connectivity index (χ1v) is 5.54. The molecule has 3 radical (unpaired) electrons. The molecule has 0 bridgehead atoms. The lowest BCUT2D eigenvalue weighted by atomic mass is 9.96. The van der Waals surface area contributed by atoms with E-state index < -0.39 is 0 Å². The van der Waals surface area contributed by atoms with Gasteiger partial charge in [0.15, 0.2) is 0 Å². The molecule has 1 atom stereocenters. The van der Waals surface area contributed by atoms with Gasteiger partial charge in [0.05, 0.1) is 0 Å². The Bertz CT molecular complexity index is 85.9. The van der Waals surface area contributed by atoms with E-state index in [1.807, 2.05) is 0 Å². The lowest BCUT2D eigenvalue weighted by Crippen LogP contribution is -2.03. The van der Waals surface area contributed by atoms with Crippen LogP contribution in [0.15, 0.2) is 0 Å². The Labute approximate surface area is 80.4 Å². The van der Waals surface area contributed by atoms with E-state index in [9.17, 15) is 0 Å². The van der Waals surface area contributed by atoms with Crippen molar-refractivity contribution in [1.29, 1.82) is 0 Å². The quantitative estimate of drug-likeness (QED) is 0.417. The van der Waals surface area contributed by atoms with Crippen molar-refractivity contribution in [2.45, 2.75) is 52.4 Å². The highest BCUT2D eigenvalue weighted by atomic mass is 28.2. The van der Waals surface area contributed by atoms with Gasteiger partial charge in [-0.25, -0.2) is 0 Å². The molecule has 0 aliphatic rings. The Morgan fingerprint density at radius 2 is 1.92 bits per heavy atom. The Kier molecular flexibility index (Phi) is 9.40. The summed E-state index contributed by atoms with van der Waals surface area (Å²) < 4.78 is 4.89. The molecular formula is C10H21OSi. The van der Waals surface area contributed by atoms with E-state index in [1.54, 1.807) is 0 Å². The predicted molar refractivity (Wildman–Crippen MR) is 54.2 cm³/mol. The van der Waals surface area contributed by atoms with E-state index in [0.29, 0.717) is 0 Å². The van der Waals surface area contributed by atoms with Crippen molar-refractivity contribution in [2.24, 2.45) is 5.92 Å². The van der Waals surface area contributed by atoms with Crippen LogP contribution in [0, 0.1) is 5.92 Å². The van der Waals surface area contributed by atoms with Crippen LogP contribution in [0.2, 0.25) is 0 Å². The number of hydrogen-bond acceptors (Lipinski definition) is 1. The predicted octanol–water partition coefficient (Wildman–Crippen LogP) is 3.08. The lowest BCUT2D eigenvalue weighted by Gasteiger charge is -2.13. The molecule has 71 valence electrons. The van der Waals surface area contributed by atoms with Gasteiger partial charge in [-0.15, -0.1) is 0 Å². The maximum Gasteiger partial charge on any atom is 0.246 e. The zero-order valence-corrected chi connectivity index (χ0v) is 9.44. The van der Waals surface area contributed by atoms with Gasteiger partial charge in [0, 0.05) is 6.61 Å². The van der Waals surface area contributed by atoms with Crippen LogP contribution in [0.5, 0.6) is 0 Å². The molecule has 0 aliphatic heterocycles. The van der Waals surface area contributed by atoms with Crippen LogP contribution in [0.25, 0.3) is 0 Å². The number of rotatable bonds is 8. The van der Waals surface area contributed by atoms with Gasteiger partial charge in [-0.2, -0.15) is 0 Å². The normalized spacial score (nSPS) is 13.2. The van der Waals surface area contributed by atoms with E-state index >= 15 is 0 Å². The van der Waals surface area contributed by atoms with Gasteiger partial charge < -0.3 is 4.43 Å². The van der Waals surface area contributed by atoms with Crippen LogP contribution in [0.4, 0.5) is 0 Å². The van der Waals surface area contributed by atoms with Crippen LogP contribution in [0.3, 0.4) is 0 Å².